The van der Waals surface area contributed by atoms with Crippen LogP contribution in [0, 0.1) is 0 Å². The summed E-state index contributed by atoms with van der Waals surface area (Å²) in [4.78, 5) is 8.41. The minimum atomic E-state index is -0.474. The van der Waals surface area contributed by atoms with Crippen LogP contribution in [-0.4, -0.2) is 15.1 Å². The summed E-state index contributed by atoms with van der Waals surface area (Å²) in [5.74, 6) is 0.990. The fraction of sp³-hybridized carbons (Fsp3) is 0.500. The molecule has 106 valence electrons. The van der Waals surface area contributed by atoms with Crippen LogP contribution in [0.5, 0.6) is 0 Å². The van der Waals surface area contributed by atoms with Crippen molar-refractivity contribution in [3.05, 3.63) is 29.3 Å². The summed E-state index contributed by atoms with van der Waals surface area (Å²) in [6.45, 7) is 0. The molecule has 0 spiro atoms. The van der Waals surface area contributed by atoms with E-state index in [2.05, 4.69) is 15.1 Å². The van der Waals surface area contributed by atoms with Crippen LogP contribution < -0.4 is 5.73 Å². The van der Waals surface area contributed by atoms with Gasteiger partial charge >= 0.3 is 0 Å². The van der Waals surface area contributed by atoms with Gasteiger partial charge in [-0.2, -0.15) is 4.98 Å². The van der Waals surface area contributed by atoms with Gasteiger partial charge in [-0.3, -0.25) is 4.98 Å². The molecule has 20 heavy (non-hydrogen) atoms. The zero-order valence-electron chi connectivity index (χ0n) is 11.2. The summed E-state index contributed by atoms with van der Waals surface area (Å²) in [5, 5.41) is 4.58. The number of nitrogens with zero attached hydrogens (tertiary/aromatic N) is 3. The standard InChI is InChI=1S/C14H17ClN4O/c15-11-9-17-8-5-10(11)12-18-13(19-20-12)14(16)6-3-1-2-4-7-14/h5,8-9H,1-4,6-7,16H2. The fourth-order valence-corrected chi connectivity index (χ4v) is 2.87. The summed E-state index contributed by atoms with van der Waals surface area (Å²) >= 11 is 6.09. The highest BCUT2D eigenvalue weighted by molar-refractivity contribution is 6.32. The van der Waals surface area contributed by atoms with Crippen LogP contribution >= 0.6 is 11.6 Å². The van der Waals surface area contributed by atoms with Crippen molar-refractivity contribution in [2.75, 3.05) is 0 Å². The van der Waals surface area contributed by atoms with E-state index in [1.54, 1.807) is 18.5 Å². The molecule has 0 amide bonds. The Kier molecular flexibility index (Phi) is 3.72. The van der Waals surface area contributed by atoms with Crippen molar-refractivity contribution in [2.45, 2.75) is 44.1 Å². The van der Waals surface area contributed by atoms with Crippen LogP contribution in [0.15, 0.2) is 23.0 Å². The number of hydrogen-bond acceptors (Lipinski definition) is 5. The maximum absolute atomic E-state index is 6.48. The first-order valence-corrected chi connectivity index (χ1v) is 7.30. The Hall–Kier alpha value is -1.46. The van der Waals surface area contributed by atoms with Crippen molar-refractivity contribution in [3.63, 3.8) is 0 Å². The Labute approximate surface area is 122 Å². The number of hydrogen-bond donors (Lipinski definition) is 1. The molecule has 0 saturated heterocycles. The van der Waals surface area contributed by atoms with Gasteiger partial charge in [0.05, 0.1) is 16.1 Å². The third kappa shape index (κ3) is 2.55. The van der Waals surface area contributed by atoms with Gasteiger partial charge in [0, 0.05) is 12.4 Å². The molecule has 2 aromatic rings. The molecule has 2 heterocycles. The molecule has 6 heteroatoms. The normalized spacial score (nSPS) is 18.7. The van der Waals surface area contributed by atoms with Gasteiger partial charge in [0.15, 0.2) is 5.82 Å². The lowest BCUT2D eigenvalue weighted by molar-refractivity contribution is 0.334. The van der Waals surface area contributed by atoms with Gasteiger partial charge in [-0.1, -0.05) is 42.4 Å². The van der Waals surface area contributed by atoms with Crippen molar-refractivity contribution in [2.24, 2.45) is 5.73 Å². The first kappa shape index (κ1) is 13.5. The zero-order valence-corrected chi connectivity index (χ0v) is 11.9. The molecule has 1 fully saturated rings. The lowest BCUT2D eigenvalue weighted by Gasteiger charge is -2.23. The minimum absolute atomic E-state index is 0.404. The van der Waals surface area contributed by atoms with E-state index in [0.29, 0.717) is 22.3 Å². The predicted molar refractivity (Wildman–Crippen MR) is 76.1 cm³/mol. The smallest absolute Gasteiger partial charge is 0.259 e. The van der Waals surface area contributed by atoms with E-state index in [4.69, 9.17) is 21.9 Å². The largest absolute Gasteiger partial charge is 0.334 e. The second-order valence-electron chi connectivity index (χ2n) is 5.35. The number of nitrogens with two attached hydrogens (primary N) is 1. The molecule has 2 aromatic heterocycles. The van der Waals surface area contributed by atoms with Crippen molar-refractivity contribution in [3.8, 4) is 11.5 Å². The molecule has 2 N–H and O–H groups in total. The van der Waals surface area contributed by atoms with Crippen LogP contribution in [0.3, 0.4) is 0 Å². The van der Waals surface area contributed by atoms with E-state index in [0.717, 1.165) is 25.7 Å². The van der Waals surface area contributed by atoms with Crippen LogP contribution in [0.2, 0.25) is 5.02 Å². The highest BCUT2D eigenvalue weighted by Gasteiger charge is 2.33. The lowest BCUT2D eigenvalue weighted by atomic mass is 9.91. The van der Waals surface area contributed by atoms with Gasteiger partial charge in [-0.15, -0.1) is 0 Å². The van der Waals surface area contributed by atoms with Gasteiger partial charge in [0.2, 0.25) is 0 Å². The van der Waals surface area contributed by atoms with Crippen molar-refractivity contribution >= 4 is 11.6 Å². The van der Waals surface area contributed by atoms with Gasteiger partial charge in [-0.05, 0) is 18.9 Å². The summed E-state index contributed by atoms with van der Waals surface area (Å²) in [6.07, 6.45) is 9.66. The Morgan fingerprint density at radius 1 is 1.20 bits per heavy atom. The molecular formula is C14H17ClN4O. The lowest BCUT2D eigenvalue weighted by Crippen LogP contribution is -2.37. The van der Waals surface area contributed by atoms with E-state index >= 15 is 0 Å². The Morgan fingerprint density at radius 2 is 1.95 bits per heavy atom. The predicted octanol–water partition coefficient (Wildman–Crippen LogP) is 3.29. The van der Waals surface area contributed by atoms with Gasteiger partial charge in [0.25, 0.3) is 5.89 Å². The Balaban J connectivity index is 1.92. The highest BCUT2D eigenvalue weighted by atomic mass is 35.5. The van der Waals surface area contributed by atoms with E-state index in [9.17, 15) is 0 Å². The molecule has 0 atom stereocenters. The highest BCUT2D eigenvalue weighted by Crippen LogP contribution is 2.34. The van der Waals surface area contributed by atoms with E-state index in [1.807, 2.05) is 0 Å². The SMILES string of the molecule is NC1(c2noc(-c3ccncc3Cl)n2)CCCCCC1. The van der Waals surface area contributed by atoms with Gasteiger partial charge < -0.3 is 10.3 Å². The van der Waals surface area contributed by atoms with Crippen molar-refractivity contribution < 1.29 is 4.52 Å². The molecule has 1 saturated carbocycles. The van der Waals surface area contributed by atoms with E-state index in [1.165, 1.54) is 12.8 Å². The second-order valence-corrected chi connectivity index (χ2v) is 5.76. The number of halogens is 1. The summed E-state index contributed by atoms with van der Waals surface area (Å²) in [7, 11) is 0. The summed E-state index contributed by atoms with van der Waals surface area (Å²) in [5.41, 5.74) is 6.70. The van der Waals surface area contributed by atoms with E-state index in [-0.39, 0.29) is 0 Å². The average molecular weight is 293 g/mol. The molecular weight excluding hydrogens is 276 g/mol. The second kappa shape index (κ2) is 5.50. The first-order chi connectivity index (χ1) is 9.69. The molecule has 1 aliphatic rings. The Morgan fingerprint density at radius 3 is 2.65 bits per heavy atom. The van der Waals surface area contributed by atoms with Crippen molar-refractivity contribution in [1.29, 1.82) is 0 Å². The molecule has 0 aromatic carbocycles. The quantitative estimate of drug-likeness (QED) is 0.859. The Bertz CT molecular complexity index is 590. The fourth-order valence-electron chi connectivity index (χ4n) is 2.67. The molecule has 0 aliphatic heterocycles. The summed E-state index contributed by atoms with van der Waals surface area (Å²) < 4.78 is 5.34. The summed E-state index contributed by atoms with van der Waals surface area (Å²) in [6, 6.07) is 1.76. The van der Waals surface area contributed by atoms with E-state index < -0.39 is 5.54 Å². The third-order valence-corrected chi connectivity index (χ3v) is 4.17. The topological polar surface area (TPSA) is 77.8 Å². The maximum Gasteiger partial charge on any atom is 0.259 e. The number of rotatable bonds is 2. The van der Waals surface area contributed by atoms with Crippen LogP contribution in [0.1, 0.15) is 44.3 Å². The monoisotopic (exact) mass is 292 g/mol. The molecule has 3 rings (SSSR count). The minimum Gasteiger partial charge on any atom is -0.334 e. The first-order valence-electron chi connectivity index (χ1n) is 6.92. The maximum atomic E-state index is 6.48. The van der Waals surface area contributed by atoms with Crippen LogP contribution in [0.4, 0.5) is 0 Å². The molecule has 5 nitrogen and oxygen atoms in total. The molecule has 0 unspecified atom stereocenters. The molecule has 0 radical (unpaired) electrons. The van der Waals surface area contributed by atoms with Gasteiger partial charge in [-0.25, -0.2) is 0 Å². The number of aromatic nitrogens is 3. The average Bonchev–Trinajstić information content (AvgIpc) is 2.84. The molecule has 0 bridgehead atoms. The van der Waals surface area contributed by atoms with Crippen LogP contribution in [0.25, 0.3) is 11.5 Å². The van der Waals surface area contributed by atoms with Crippen LogP contribution in [-0.2, 0) is 5.54 Å². The zero-order chi connectivity index (χ0) is 14.0. The van der Waals surface area contributed by atoms with Gasteiger partial charge in [0.1, 0.15) is 0 Å². The third-order valence-electron chi connectivity index (χ3n) is 3.87. The molecule has 1 aliphatic carbocycles. The van der Waals surface area contributed by atoms with Crippen molar-refractivity contribution in [1.82, 2.24) is 15.1 Å². The number of pyridine rings is 1.